The second-order valence-corrected chi connectivity index (χ2v) is 19.6. The number of unbranched alkanes of at least 4 members (excludes halogenated alkanes) is 29. The molecule has 0 aromatic heterocycles. The minimum atomic E-state index is -1.67. The predicted molar refractivity (Wildman–Crippen MR) is 275 cm³/mol. The number of hydrogen-bond acceptors (Lipinski definition) is 10. The molecule has 1 fully saturated rings. The quantitative estimate of drug-likeness (QED) is 0.0215. The zero-order valence-corrected chi connectivity index (χ0v) is 42.9. The van der Waals surface area contributed by atoms with E-state index in [0.29, 0.717) is 19.3 Å². The van der Waals surface area contributed by atoms with E-state index in [4.69, 9.17) is 9.47 Å². The molecule has 0 aromatic carbocycles. The van der Waals surface area contributed by atoms with E-state index in [-0.39, 0.29) is 12.8 Å². The van der Waals surface area contributed by atoms with E-state index in [1.807, 2.05) is 0 Å². The average molecular weight is 952 g/mol. The summed E-state index contributed by atoms with van der Waals surface area (Å²) in [6, 6.07) is -1.19. The van der Waals surface area contributed by atoms with Gasteiger partial charge in [-0.1, -0.05) is 204 Å². The summed E-state index contributed by atoms with van der Waals surface area (Å²) < 4.78 is 11.1. The van der Waals surface area contributed by atoms with Gasteiger partial charge in [0.1, 0.15) is 36.6 Å². The zero-order chi connectivity index (χ0) is 49.0. The maximum atomic E-state index is 13.1. The third kappa shape index (κ3) is 34.3. The Hall–Kier alpha value is -1.67. The summed E-state index contributed by atoms with van der Waals surface area (Å²) in [6.07, 6.45) is 43.5. The van der Waals surface area contributed by atoms with Gasteiger partial charge in [-0.25, -0.2) is 0 Å². The molecule has 0 spiro atoms. The summed E-state index contributed by atoms with van der Waals surface area (Å²) in [7, 11) is 0. The van der Waals surface area contributed by atoms with Crippen LogP contribution in [0.25, 0.3) is 0 Å². The molecule has 67 heavy (non-hydrogen) atoms. The van der Waals surface area contributed by atoms with Crippen LogP contribution in [0.4, 0.5) is 0 Å². The van der Waals surface area contributed by atoms with Crippen molar-refractivity contribution in [3.05, 3.63) is 36.5 Å². The Morgan fingerprint density at radius 3 is 1.34 bits per heavy atom. The van der Waals surface area contributed by atoms with E-state index in [9.17, 15) is 40.5 Å². The van der Waals surface area contributed by atoms with Gasteiger partial charge >= 0.3 is 0 Å². The van der Waals surface area contributed by atoms with Crippen molar-refractivity contribution in [2.24, 2.45) is 0 Å². The Labute approximate surface area is 409 Å². The second kappa shape index (κ2) is 45.5. The molecule has 0 radical (unpaired) electrons. The standard InChI is InChI=1S/C56H105NO10/c1-3-5-7-9-11-13-15-17-19-20-21-22-23-24-25-26-27-28-29-30-32-33-35-37-39-41-43-48(59)51(61)47(46-66-56-54(64)53(63)52(62)50(45-58)67-56)57-55(65)49(60)44-42-40-38-36-34-31-18-16-14-12-10-8-6-4-2/h14,16,29-30,35,37,47-54,56,58-64H,3-13,15,17-28,31-34,36,38-46H2,1-2H3,(H,57,65)/b16-14-,30-29+,37-35+. The molecule has 1 rings (SSSR count). The van der Waals surface area contributed by atoms with Crippen LogP contribution in [0.15, 0.2) is 36.5 Å². The molecular weight excluding hydrogens is 847 g/mol. The van der Waals surface area contributed by atoms with Crippen molar-refractivity contribution in [1.82, 2.24) is 5.32 Å². The van der Waals surface area contributed by atoms with Gasteiger partial charge in [-0.2, -0.15) is 0 Å². The number of ether oxygens (including phenoxy) is 2. The second-order valence-electron chi connectivity index (χ2n) is 19.6. The highest BCUT2D eigenvalue weighted by Gasteiger charge is 2.44. The SMILES string of the molecule is CCCCCC/C=C\CCCCCCCCC(O)C(=O)NC(COC1OC(CO)C(O)C(O)C1O)C(O)C(O)CCC/C=C/CC/C=C/CCCCCCCCCCCCCCCCCCC. The Balaban J connectivity index is 2.34. The molecule has 9 atom stereocenters. The van der Waals surface area contributed by atoms with Crippen LogP contribution in [-0.2, 0) is 14.3 Å². The maximum Gasteiger partial charge on any atom is 0.249 e. The number of aliphatic hydroxyl groups excluding tert-OH is 7. The van der Waals surface area contributed by atoms with Crippen molar-refractivity contribution in [2.75, 3.05) is 13.2 Å². The molecule has 8 N–H and O–H groups in total. The monoisotopic (exact) mass is 952 g/mol. The number of carbonyl (C=O) groups excluding carboxylic acids is 1. The van der Waals surface area contributed by atoms with Crippen LogP contribution in [-0.4, -0.2) is 110 Å². The summed E-state index contributed by atoms with van der Waals surface area (Å²) in [6.45, 7) is 3.42. The van der Waals surface area contributed by atoms with Crippen molar-refractivity contribution in [2.45, 2.75) is 300 Å². The third-order valence-corrected chi connectivity index (χ3v) is 13.4. The topological polar surface area (TPSA) is 189 Å². The first-order valence-electron chi connectivity index (χ1n) is 27.9. The van der Waals surface area contributed by atoms with Gasteiger partial charge in [-0.3, -0.25) is 4.79 Å². The first-order valence-corrected chi connectivity index (χ1v) is 27.9. The van der Waals surface area contributed by atoms with Gasteiger partial charge in [-0.15, -0.1) is 0 Å². The number of rotatable bonds is 47. The Bertz CT molecular complexity index is 1180. The summed E-state index contributed by atoms with van der Waals surface area (Å²) >= 11 is 0. The molecule has 1 aliphatic rings. The highest BCUT2D eigenvalue weighted by molar-refractivity contribution is 5.80. The van der Waals surface area contributed by atoms with Crippen LogP contribution in [0.1, 0.15) is 245 Å². The molecule has 1 amide bonds. The molecule has 0 saturated carbocycles. The largest absolute Gasteiger partial charge is 0.394 e. The number of aliphatic hydroxyl groups is 7. The van der Waals surface area contributed by atoms with Crippen LogP contribution in [0.2, 0.25) is 0 Å². The Kier molecular flexibility index (Phi) is 43.0. The highest BCUT2D eigenvalue weighted by Crippen LogP contribution is 2.23. The highest BCUT2D eigenvalue weighted by atomic mass is 16.7. The normalized spacial score (nSPS) is 20.9. The van der Waals surface area contributed by atoms with Crippen molar-refractivity contribution in [3.63, 3.8) is 0 Å². The van der Waals surface area contributed by atoms with Gasteiger partial charge in [0.25, 0.3) is 0 Å². The van der Waals surface area contributed by atoms with E-state index in [0.717, 1.165) is 64.2 Å². The number of amides is 1. The van der Waals surface area contributed by atoms with Crippen molar-refractivity contribution >= 4 is 5.91 Å². The van der Waals surface area contributed by atoms with Gasteiger partial charge in [0, 0.05) is 0 Å². The van der Waals surface area contributed by atoms with E-state index in [1.165, 1.54) is 135 Å². The molecular formula is C56H105NO10. The fraction of sp³-hybridized carbons (Fsp3) is 0.875. The van der Waals surface area contributed by atoms with Crippen molar-refractivity contribution in [3.8, 4) is 0 Å². The van der Waals surface area contributed by atoms with Crippen LogP contribution in [0, 0.1) is 0 Å². The van der Waals surface area contributed by atoms with Crippen molar-refractivity contribution < 1.29 is 50.0 Å². The van der Waals surface area contributed by atoms with Gasteiger partial charge < -0.3 is 50.5 Å². The molecule has 1 saturated heterocycles. The smallest absolute Gasteiger partial charge is 0.249 e. The zero-order valence-electron chi connectivity index (χ0n) is 42.9. The van der Waals surface area contributed by atoms with Gasteiger partial charge in [0.15, 0.2) is 6.29 Å². The van der Waals surface area contributed by atoms with Crippen LogP contribution in [0.3, 0.4) is 0 Å². The fourth-order valence-electron chi connectivity index (χ4n) is 8.81. The molecule has 0 bridgehead atoms. The summed E-state index contributed by atoms with van der Waals surface area (Å²) in [4.78, 5) is 13.1. The van der Waals surface area contributed by atoms with Crippen LogP contribution in [0.5, 0.6) is 0 Å². The molecule has 11 nitrogen and oxygen atoms in total. The summed E-state index contributed by atoms with van der Waals surface area (Å²) in [5, 5.41) is 75.9. The van der Waals surface area contributed by atoms with Gasteiger partial charge in [0.05, 0.1) is 25.4 Å². The first kappa shape index (κ1) is 63.3. The molecule has 0 aromatic rings. The first-order chi connectivity index (χ1) is 32.7. The van der Waals surface area contributed by atoms with Crippen molar-refractivity contribution in [1.29, 1.82) is 0 Å². The molecule has 0 aliphatic carbocycles. The number of nitrogens with one attached hydrogen (secondary N) is 1. The average Bonchev–Trinajstić information content (AvgIpc) is 3.33. The lowest BCUT2D eigenvalue weighted by Gasteiger charge is -2.40. The maximum absolute atomic E-state index is 13.1. The lowest BCUT2D eigenvalue weighted by Crippen LogP contribution is -2.60. The fourth-order valence-corrected chi connectivity index (χ4v) is 8.81. The van der Waals surface area contributed by atoms with Gasteiger partial charge in [-0.05, 0) is 77.0 Å². The Morgan fingerprint density at radius 2 is 0.896 bits per heavy atom. The number of hydrogen-bond donors (Lipinski definition) is 8. The molecule has 11 heteroatoms. The van der Waals surface area contributed by atoms with E-state index in [2.05, 4.69) is 55.6 Å². The number of allylic oxidation sites excluding steroid dienone is 6. The predicted octanol–water partition coefficient (Wildman–Crippen LogP) is 11.1. The molecule has 9 unspecified atom stereocenters. The third-order valence-electron chi connectivity index (χ3n) is 13.4. The van der Waals surface area contributed by atoms with E-state index < -0.39 is 74.2 Å². The number of carbonyl (C=O) groups is 1. The van der Waals surface area contributed by atoms with E-state index >= 15 is 0 Å². The molecule has 1 heterocycles. The van der Waals surface area contributed by atoms with E-state index in [1.54, 1.807) is 0 Å². The molecule has 394 valence electrons. The summed E-state index contributed by atoms with van der Waals surface area (Å²) in [5.41, 5.74) is 0. The lowest BCUT2D eigenvalue weighted by atomic mass is 9.98. The lowest BCUT2D eigenvalue weighted by molar-refractivity contribution is -0.303. The van der Waals surface area contributed by atoms with Crippen LogP contribution < -0.4 is 5.32 Å². The molecule has 1 aliphatic heterocycles. The van der Waals surface area contributed by atoms with Crippen LogP contribution >= 0.6 is 0 Å². The van der Waals surface area contributed by atoms with Gasteiger partial charge in [0.2, 0.25) is 5.91 Å². The minimum Gasteiger partial charge on any atom is -0.394 e. The Morgan fingerprint density at radius 1 is 0.507 bits per heavy atom. The minimum absolute atomic E-state index is 0.243. The summed E-state index contributed by atoms with van der Waals surface area (Å²) in [5.74, 6) is -0.715.